The lowest BCUT2D eigenvalue weighted by atomic mass is 10.1. The average molecular weight is 353 g/mol. The van der Waals surface area contributed by atoms with Gasteiger partial charge in [0.05, 0.1) is 7.11 Å². The topological polar surface area (TPSA) is 26.3 Å². The van der Waals surface area contributed by atoms with E-state index in [1.165, 1.54) is 103 Å². The molecule has 25 heavy (non-hydrogen) atoms. The number of carbonyl (C=O) groups is 1. The van der Waals surface area contributed by atoms with Gasteiger partial charge in [0.2, 0.25) is 0 Å². The first-order valence-corrected chi connectivity index (χ1v) is 11.0. The third kappa shape index (κ3) is 21.2. The number of methoxy groups -OCH3 is 1. The number of allylic oxidation sites excluding steroid dienone is 2. The first-order valence-electron chi connectivity index (χ1n) is 11.0. The third-order valence-electron chi connectivity index (χ3n) is 4.87. The monoisotopic (exact) mass is 352 g/mol. The molecule has 0 N–H and O–H groups in total. The molecule has 0 fully saturated rings. The summed E-state index contributed by atoms with van der Waals surface area (Å²) in [6.45, 7) is 2.28. The SMILES string of the molecule is CCCCCCCCCCCC/C=C/CCCCCCCC(=O)OC. The van der Waals surface area contributed by atoms with Crippen LogP contribution in [0.3, 0.4) is 0 Å². The Morgan fingerprint density at radius 1 is 0.640 bits per heavy atom. The fraction of sp³-hybridized carbons (Fsp3) is 0.870. The maximum atomic E-state index is 11.0. The van der Waals surface area contributed by atoms with E-state index in [9.17, 15) is 4.79 Å². The number of unbranched alkanes of at least 4 members (excludes halogenated alkanes) is 15. The van der Waals surface area contributed by atoms with Gasteiger partial charge >= 0.3 is 5.97 Å². The quantitative estimate of drug-likeness (QED) is 0.135. The Hall–Kier alpha value is -0.790. The Balaban J connectivity index is 3.10. The molecule has 0 atom stereocenters. The van der Waals surface area contributed by atoms with Crippen molar-refractivity contribution < 1.29 is 9.53 Å². The van der Waals surface area contributed by atoms with Crippen molar-refractivity contribution in [3.63, 3.8) is 0 Å². The van der Waals surface area contributed by atoms with Crippen molar-refractivity contribution in [1.29, 1.82) is 0 Å². The van der Waals surface area contributed by atoms with Gasteiger partial charge in [-0.3, -0.25) is 4.79 Å². The zero-order chi connectivity index (χ0) is 18.4. The lowest BCUT2D eigenvalue weighted by Crippen LogP contribution is -1.98. The van der Waals surface area contributed by atoms with Gasteiger partial charge in [-0.1, -0.05) is 96.1 Å². The highest BCUT2D eigenvalue weighted by Crippen LogP contribution is 2.12. The summed E-state index contributed by atoms with van der Waals surface area (Å²) >= 11 is 0. The van der Waals surface area contributed by atoms with E-state index in [1.807, 2.05) is 0 Å². The van der Waals surface area contributed by atoms with Crippen LogP contribution in [0.25, 0.3) is 0 Å². The van der Waals surface area contributed by atoms with Gasteiger partial charge in [-0.05, 0) is 32.1 Å². The van der Waals surface area contributed by atoms with Crippen LogP contribution in [0.15, 0.2) is 12.2 Å². The highest BCUT2D eigenvalue weighted by molar-refractivity contribution is 5.68. The molecule has 0 aliphatic carbocycles. The first-order chi connectivity index (χ1) is 12.3. The summed E-state index contributed by atoms with van der Waals surface area (Å²) in [6, 6.07) is 0. The van der Waals surface area contributed by atoms with Gasteiger partial charge in [0.1, 0.15) is 0 Å². The van der Waals surface area contributed by atoms with Gasteiger partial charge in [-0.2, -0.15) is 0 Å². The highest BCUT2D eigenvalue weighted by Gasteiger charge is 1.98. The summed E-state index contributed by atoms with van der Waals surface area (Å²) < 4.78 is 4.64. The Labute approximate surface area is 157 Å². The molecule has 2 heteroatoms. The largest absolute Gasteiger partial charge is 0.469 e. The van der Waals surface area contributed by atoms with Gasteiger partial charge in [-0.25, -0.2) is 0 Å². The van der Waals surface area contributed by atoms with E-state index in [4.69, 9.17) is 0 Å². The molecule has 0 aromatic heterocycles. The summed E-state index contributed by atoms with van der Waals surface area (Å²) in [4.78, 5) is 11.0. The molecule has 0 aromatic carbocycles. The van der Waals surface area contributed by atoms with Crippen molar-refractivity contribution >= 4 is 5.97 Å². The molecule has 0 unspecified atom stereocenters. The van der Waals surface area contributed by atoms with Crippen LogP contribution >= 0.6 is 0 Å². The predicted molar refractivity (Wildman–Crippen MR) is 110 cm³/mol. The van der Waals surface area contributed by atoms with E-state index in [-0.39, 0.29) is 5.97 Å². The van der Waals surface area contributed by atoms with Crippen LogP contribution in [0.1, 0.15) is 122 Å². The maximum absolute atomic E-state index is 11.0. The molecule has 0 saturated carbocycles. The fourth-order valence-electron chi connectivity index (χ4n) is 3.15. The van der Waals surface area contributed by atoms with Crippen LogP contribution in [0.2, 0.25) is 0 Å². The zero-order valence-electron chi connectivity index (χ0n) is 17.2. The van der Waals surface area contributed by atoms with Crippen LogP contribution < -0.4 is 0 Å². The van der Waals surface area contributed by atoms with Gasteiger partial charge in [0.25, 0.3) is 0 Å². The smallest absolute Gasteiger partial charge is 0.305 e. The van der Waals surface area contributed by atoms with Crippen LogP contribution in [-0.2, 0) is 9.53 Å². The normalized spacial score (nSPS) is 11.3. The number of carbonyl (C=O) groups excluding carboxylic acids is 1. The summed E-state index contributed by atoms with van der Waals surface area (Å²) in [7, 11) is 1.46. The van der Waals surface area contributed by atoms with E-state index < -0.39 is 0 Å². The van der Waals surface area contributed by atoms with Crippen LogP contribution in [0.5, 0.6) is 0 Å². The molecule has 0 aliphatic heterocycles. The van der Waals surface area contributed by atoms with Crippen molar-refractivity contribution in [2.45, 2.75) is 122 Å². The van der Waals surface area contributed by atoms with E-state index in [1.54, 1.807) is 0 Å². The maximum Gasteiger partial charge on any atom is 0.305 e. The van der Waals surface area contributed by atoms with Crippen molar-refractivity contribution in [3.8, 4) is 0 Å². The Kier molecular flexibility index (Phi) is 20.6. The second-order valence-electron chi connectivity index (χ2n) is 7.32. The summed E-state index contributed by atoms with van der Waals surface area (Å²) in [5.74, 6) is -0.0742. The van der Waals surface area contributed by atoms with Crippen LogP contribution in [-0.4, -0.2) is 13.1 Å². The van der Waals surface area contributed by atoms with Gasteiger partial charge in [0.15, 0.2) is 0 Å². The molecule has 0 saturated heterocycles. The molecule has 148 valence electrons. The minimum absolute atomic E-state index is 0.0742. The van der Waals surface area contributed by atoms with E-state index in [0.29, 0.717) is 6.42 Å². The molecule has 0 radical (unpaired) electrons. The lowest BCUT2D eigenvalue weighted by molar-refractivity contribution is -0.140. The molecular formula is C23H44O2. The number of esters is 1. The Morgan fingerprint density at radius 3 is 1.48 bits per heavy atom. The molecular weight excluding hydrogens is 308 g/mol. The van der Waals surface area contributed by atoms with Gasteiger partial charge < -0.3 is 4.74 Å². The van der Waals surface area contributed by atoms with Gasteiger partial charge in [-0.15, -0.1) is 0 Å². The summed E-state index contributed by atoms with van der Waals surface area (Å²) in [5.41, 5.74) is 0. The molecule has 0 bridgehead atoms. The number of ether oxygens (including phenoxy) is 1. The van der Waals surface area contributed by atoms with Crippen molar-refractivity contribution in [2.24, 2.45) is 0 Å². The van der Waals surface area contributed by atoms with Crippen molar-refractivity contribution in [1.82, 2.24) is 0 Å². The van der Waals surface area contributed by atoms with E-state index >= 15 is 0 Å². The average Bonchev–Trinajstić information content (AvgIpc) is 2.63. The van der Waals surface area contributed by atoms with E-state index in [2.05, 4.69) is 23.8 Å². The molecule has 2 nitrogen and oxygen atoms in total. The number of rotatable bonds is 19. The predicted octanol–water partition coefficient (Wildman–Crippen LogP) is 7.76. The lowest BCUT2D eigenvalue weighted by Gasteiger charge is -2.01. The minimum atomic E-state index is -0.0742. The number of hydrogen-bond acceptors (Lipinski definition) is 2. The van der Waals surface area contributed by atoms with Gasteiger partial charge in [0, 0.05) is 6.42 Å². The molecule has 0 spiro atoms. The third-order valence-corrected chi connectivity index (χ3v) is 4.87. The molecule has 0 rings (SSSR count). The molecule has 0 amide bonds. The first kappa shape index (κ1) is 24.2. The molecule has 0 heterocycles. The Bertz CT molecular complexity index is 296. The van der Waals surface area contributed by atoms with Crippen LogP contribution in [0, 0.1) is 0 Å². The zero-order valence-corrected chi connectivity index (χ0v) is 17.2. The fourth-order valence-corrected chi connectivity index (χ4v) is 3.15. The summed E-state index contributed by atoms with van der Waals surface area (Å²) in [6.07, 6.45) is 27.9. The second-order valence-corrected chi connectivity index (χ2v) is 7.32. The van der Waals surface area contributed by atoms with Crippen LogP contribution in [0.4, 0.5) is 0 Å². The van der Waals surface area contributed by atoms with E-state index in [0.717, 1.165) is 12.8 Å². The number of hydrogen-bond donors (Lipinski definition) is 0. The van der Waals surface area contributed by atoms with Crippen molar-refractivity contribution in [2.75, 3.05) is 7.11 Å². The second kappa shape index (κ2) is 21.3. The standard InChI is InChI=1S/C23H44O2/c1-3-4-5-6-7-8-9-10-11-12-13-14-15-16-17-18-19-20-21-22-23(24)25-2/h14-15H,3-13,16-22H2,1-2H3/b15-14+. The summed E-state index contributed by atoms with van der Waals surface area (Å²) in [5, 5.41) is 0. The minimum Gasteiger partial charge on any atom is -0.469 e. The molecule has 0 aliphatic rings. The Morgan fingerprint density at radius 2 is 1.04 bits per heavy atom. The van der Waals surface area contributed by atoms with Crippen molar-refractivity contribution in [3.05, 3.63) is 12.2 Å². The highest BCUT2D eigenvalue weighted by atomic mass is 16.5. The molecule has 0 aromatic rings.